The molecule has 0 atom stereocenters. The van der Waals surface area contributed by atoms with Crippen LogP contribution in [0, 0.1) is 0 Å². The van der Waals surface area contributed by atoms with Crippen molar-refractivity contribution < 1.29 is 13.6 Å². The van der Waals surface area contributed by atoms with Crippen LogP contribution in [0.4, 0.5) is 0 Å². The van der Waals surface area contributed by atoms with Crippen LogP contribution in [0.5, 0.6) is 0 Å². The first-order valence-electron chi connectivity index (χ1n) is 8.97. The number of carbonyl (C=O) groups is 1. The van der Waals surface area contributed by atoms with Crippen molar-refractivity contribution in [3.63, 3.8) is 0 Å². The van der Waals surface area contributed by atoms with Crippen molar-refractivity contribution in [1.82, 2.24) is 0 Å². The number of allylic oxidation sites excluding steroid dienone is 2. The summed E-state index contributed by atoms with van der Waals surface area (Å²) in [5.41, 5.74) is 2.77. The molecule has 0 saturated heterocycles. The van der Waals surface area contributed by atoms with Gasteiger partial charge in [-0.25, -0.2) is 0 Å². The quantitative estimate of drug-likeness (QED) is 0.380. The van der Waals surface area contributed by atoms with Crippen molar-refractivity contribution in [1.29, 1.82) is 0 Å². The van der Waals surface area contributed by atoms with Gasteiger partial charge in [-0.3, -0.25) is 4.79 Å². The van der Waals surface area contributed by atoms with Crippen LogP contribution < -0.4 is 0 Å². The third-order valence-corrected chi connectivity index (χ3v) is 4.28. The number of hydrogen-bond acceptors (Lipinski definition) is 3. The van der Waals surface area contributed by atoms with Crippen molar-refractivity contribution in [3.8, 4) is 0 Å². The molecule has 0 N–H and O–H groups in total. The number of hydrogen-bond donors (Lipinski definition) is 0. The molecule has 28 heavy (non-hydrogen) atoms. The Bertz CT molecular complexity index is 996. The molecule has 3 nitrogen and oxygen atoms in total. The van der Waals surface area contributed by atoms with E-state index in [0.29, 0.717) is 22.7 Å². The SMILES string of the molecule is O=C(C(=Cc1ccccc1)c1ccco1)C(=Cc1ccccc1)c1ccco1. The molecule has 0 radical (unpaired) electrons. The number of ketones is 1. The molecule has 0 spiro atoms. The first-order valence-corrected chi connectivity index (χ1v) is 8.97. The van der Waals surface area contributed by atoms with E-state index in [1.165, 1.54) is 0 Å². The number of rotatable bonds is 6. The standard InChI is InChI=1S/C25H18O3/c26-25(21(23-13-7-15-27-23)17-19-9-3-1-4-10-19)22(24-14-8-16-28-24)18-20-11-5-2-6-12-20/h1-18H. The van der Waals surface area contributed by atoms with Crippen LogP contribution in [0.1, 0.15) is 22.6 Å². The number of Topliss-reactive ketones (excluding diaryl/α,β-unsaturated/α-hetero) is 1. The normalized spacial score (nSPS) is 12.1. The Morgan fingerprint density at radius 2 is 1.00 bits per heavy atom. The van der Waals surface area contributed by atoms with Gasteiger partial charge in [-0.15, -0.1) is 0 Å². The minimum Gasteiger partial charge on any atom is -0.464 e. The third kappa shape index (κ3) is 3.94. The van der Waals surface area contributed by atoms with Gasteiger partial charge in [-0.1, -0.05) is 60.7 Å². The Morgan fingerprint density at radius 3 is 1.36 bits per heavy atom. The Hall–Kier alpha value is -3.85. The molecule has 4 aromatic rings. The summed E-state index contributed by atoms with van der Waals surface area (Å²) in [4.78, 5) is 13.6. The Labute approximate surface area is 163 Å². The van der Waals surface area contributed by atoms with Crippen molar-refractivity contribution in [3.05, 3.63) is 120 Å². The van der Waals surface area contributed by atoms with Crippen molar-refractivity contribution in [2.75, 3.05) is 0 Å². The molecule has 0 aliphatic rings. The van der Waals surface area contributed by atoms with Crippen LogP contribution in [0.2, 0.25) is 0 Å². The van der Waals surface area contributed by atoms with Gasteiger partial charge < -0.3 is 8.83 Å². The fourth-order valence-electron chi connectivity index (χ4n) is 2.94. The Kier molecular flexibility index (Phi) is 5.16. The number of benzene rings is 2. The topological polar surface area (TPSA) is 43.4 Å². The van der Waals surface area contributed by atoms with Gasteiger partial charge in [-0.05, 0) is 47.5 Å². The van der Waals surface area contributed by atoms with E-state index in [9.17, 15) is 4.79 Å². The predicted molar refractivity (Wildman–Crippen MR) is 111 cm³/mol. The van der Waals surface area contributed by atoms with Crippen molar-refractivity contribution in [2.24, 2.45) is 0 Å². The largest absolute Gasteiger partial charge is 0.464 e. The average molecular weight is 366 g/mol. The van der Waals surface area contributed by atoms with E-state index >= 15 is 0 Å². The van der Waals surface area contributed by atoms with Gasteiger partial charge in [0.15, 0.2) is 0 Å². The van der Waals surface area contributed by atoms with E-state index in [1.807, 2.05) is 72.8 Å². The zero-order valence-electron chi connectivity index (χ0n) is 15.1. The van der Waals surface area contributed by atoms with Crippen LogP contribution in [-0.4, -0.2) is 5.78 Å². The highest BCUT2D eigenvalue weighted by Crippen LogP contribution is 2.29. The maximum Gasteiger partial charge on any atom is 0.200 e. The average Bonchev–Trinajstić information content (AvgIpc) is 3.46. The fourth-order valence-corrected chi connectivity index (χ4v) is 2.94. The highest BCUT2D eigenvalue weighted by molar-refractivity contribution is 6.45. The Balaban J connectivity index is 1.83. The maximum atomic E-state index is 13.6. The first kappa shape index (κ1) is 17.6. The van der Waals surface area contributed by atoms with Gasteiger partial charge in [0.05, 0.1) is 23.7 Å². The van der Waals surface area contributed by atoms with Crippen LogP contribution in [-0.2, 0) is 4.79 Å². The Morgan fingerprint density at radius 1 is 0.571 bits per heavy atom. The van der Waals surface area contributed by atoms with Crippen LogP contribution >= 0.6 is 0 Å². The van der Waals surface area contributed by atoms with E-state index < -0.39 is 0 Å². The minimum atomic E-state index is -0.169. The molecule has 0 unspecified atom stereocenters. The van der Waals surface area contributed by atoms with Gasteiger partial charge >= 0.3 is 0 Å². The lowest BCUT2D eigenvalue weighted by atomic mass is 9.95. The molecule has 2 aromatic carbocycles. The molecule has 0 bridgehead atoms. The van der Waals surface area contributed by atoms with Crippen molar-refractivity contribution >= 4 is 29.1 Å². The summed E-state index contributed by atoms with van der Waals surface area (Å²) >= 11 is 0. The molecule has 0 aliphatic carbocycles. The summed E-state index contributed by atoms with van der Waals surface area (Å²) in [5.74, 6) is 0.858. The van der Waals surface area contributed by atoms with Crippen LogP contribution in [0.15, 0.2) is 106 Å². The second kappa shape index (κ2) is 8.23. The molecule has 2 aromatic heterocycles. The molecule has 3 heteroatoms. The van der Waals surface area contributed by atoms with Gasteiger partial charge in [0.25, 0.3) is 0 Å². The van der Waals surface area contributed by atoms with Crippen LogP contribution in [0.3, 0.4) is 0 Å². The number of carbonyl (C=O) groups excluding carboxylic acids is 1. The van der Waals surface area contributed by atoms with Gasteiger partial charge in [0, 0.05) is 0 Å². The van der Waals surface area contributed by atoms with E-state index in [1.54, 1.807) is 36.8 Å². The highest BCUT2D eigenvalue weighted by atomic mass is 16.3. The summed E-state index contributed by atoms with van der Waals surface area (Å²) in [6.07, 6.45) is 6.80. The van der Waals surface area contributed by atoms with E-state index in [0.717, 1.165) is 11.1 Å². The molecule has 0 aliphatic heterocycles. The van der Waals surface area contributed by atoms with Crippen molar-refractivity contribution in [2.45, 2.75) is 0 Å². The van der Waals surface area contributed by atoms with Gasteiger partial charge in [0.1, 0.15) is 11.5 Å². The zero-order chi connectivity index (χ0) is 19.2. The summed E-state index contributed by atoms with van der Waals surface area (Å²) in [6, 6.07) is 26.5. The molecular weight excluding hydrogens is 348 g/mol. The number of furan rings is 2. The molecule has 136 valence electrons. The summed E-state index contributed by atoms with van der Waals surface area (Å²) in [7, 11) is 0. The van der Waals surface area contributed by atoms with Gasteiger partial charge in [0.2, 0.25) is 5.78 Å². The molecule has 0 saturated carbocycles. The molecule has 0 fully saturated rings. The monoisotopic (exact) mass is 366 g/mol. The van der Waals surface area contributed by atoms with Crippen LogP contribution in [0.25, 0.3) is 23.3 Å². The smallest absolute Gasteiger partial charge is 0.200 e. The summed E-state index contributed by atoms with van der Waals surface area (Å²) in [5, 5.41) is 0. The molecule has 2 heterocycles. The lowest BCUT2D eigenvalue weighted by Gasteiger charge is -2.08. The third-order valence-electron chi connectivity index (χ3n) is 4.28. The van der Waals surface area contributed by atoms with E-state index in [4.69, 9.17) is 8.83 Å². The van der Waals surface area contributed by atoms with E-state index in [-0.39, 0.29) is 5.78 Å². The molecule has 0 amide bonds. The highest BCUT2D eigenvalue weighted by Gasteiger charge is 2.22. The lowest BCUT2D eigenvalue weighted by Crippen LogP contribution is -2.04. The fraction of sp³-hybridized carbons (Fsp3) is 0. The maximum absolute atomic E-state index is 13.6. The lowest BCUT2D eigenvalue weighted by molar-refractivity contribution is -0.108. The molecular formula is C25H18O3. The molecule has 4 rings (SSSR count). The zero-order valence-corrected chi connectivity index (χ0v) is 15.1. The second-order valence-electron chi connectivity index (χ2n) is 6.22. The second-order valence-corrected chi connectivity index (χ2v) is 6.22. The summed E-state index contributed by atoms with van der Waals surface area (Å²) < 4.78 is 11.1. The minimum absolute atomic E-state index is 0.169. The summed E-state index contributed by atoms with van der Waals surface area (Å²) in [6.45, 7) is 0. The van der Waals surface area contributed by atoms with Gasteiger partial charge in [-0.2, -0.15) is 0 Å². The van der Waals surface area contributed by atoms with E-state index in [2.05, 4.69) is 0 Å². The predicted octanol–water partition coefficient (Wildman–Crippen LogP) is 6.22. The first-order chi connectivity index (χ1) is 13.8.